The van der Waals surface area contributed by atoms with E-state index in [9.17, 15) is 4.79 Å². The molecule has 0 radical (unpaired) electrons. The SMILES string of the molecule is Cc1cc(C)n(CCCN(C)c2ncccc2C(N)=O)n1. The summed E-state index contributed by atoms with van der Waals surface area (Å²) in [5.41, 5.74) is 8.01. The first-order valence-electron chi connectivity index (χ1n) is 6.96. The van der Waals surface area contributed by atoms with Crippen LogP contribution in [0.4, 0.5) is 5.82 Å². The minimum absolute atomic E-state index is 0.450. The van der Waals surface area contributed by atoms with Gasteiger partial charge in [0.05, 0.1) is 11.3 Å². The third kappa shape index (κ3) is 3.59. The van der Waals surface area contributed by atoms with Crippen LogP contribution in [-0.2, 0) is 6.54 Å². The zero-order chi connectivity index (χ0) is 15.4. The van der Waals surface area contributed by atoms with Crippen molar-refractivity contribution in [2.75, 3.05) is 18.5 Å². The van der Waals surface area contributed by atoms with Gasteiger partial charge < -0.3 is 10.6 Å². The lowest BCUT2D eigenvalue weighted by Gasteiger charge is -2.20. The van der Waals surface area contributed by atoms with Crippen LogP contribution in [0.15, 0.2) is 24.4 Å². The molecule has 112 valence electrons. The molecule has 0 unspecified atom stereocenters. The number of hydrogen-bond acceptors (Lipinski definition) is 4. The number of rotatable bonds is 6. The third-order valence-electron chi connectivity index (χ3n) is 3.38. The van der Waals surface area contributed by atoms with Gasteiger partial charge in [0.15, 0.2) is 0 Å². The van der Waals surface area contributed by atoms with Gasteiger partial charge in [-0.1, -0.05) is 0 Å². The highest BCUT2D eigenvalue weighted by Crippen LogP contribution is 2.15. The summed E-state index contributed by atoms with van der Waals surface area (Å²) in [6, 6.07) is 5.48. The first kappa shape index (κ1) is 15.0. The molecule has 6 nitrogen and oxygen atoms in total. The highest BCUT2D eigenvalue weighted by atomic mass is 16.1. The summed E-state index contributed by atoms with van der Waals surface area (Å²) in [7, 11) is 1.91. The van der Waals surface area contributed by atoms with E-state index in [0.717, 1.165) is 30.9 Å². The number of primary amides is 1. The van der Waals surface area contributed by atoms with Crippen LogP contribution < -0.4 is 10.6 Å². The normalized spacial score (nSPS) is 10.6. The lowest BCUT2D eigenvalue weighted by molar-refractivity contribution is 0.100. The van der Waals surface area contributed by atoms with Crippen molar-refractivity contribution in [1.82, 2.24) is 14.8 Å². The molecule has 0 saturated carbocycles. The molecule has 6 heteroatoms. The van der Waals surface area contributed by atoms with Crippen molar-refractivity contribution in [3.8, 4) is 0 Å². The van der Waals surface area contributed by atoms with Crippen molar-refractivity contribution >= 4 is 11.7 Å². The molecule has 0 aliphatic heterocycles. The summed E-state index contributed by atoms with van der Waals surface area (Å²) in [5, 5.41) is 4.43. The van der Waals surface area contributed by atoms with E-state index in [0.29, 0.717) is 11.4 Å². The lowest BCUT2D eigenvalue weighted by Crippen LogP contribution is -2.25. The number of hydrogen-bond donors (Lipinski definition) is 1. The quantitative estimate of drug-likeness (QED) is 0.874. The van der Waals surface area contributed by atoms with Gasteiger partial charge in [-0.15, -0.1) is 0 Å². The Labute approximate surface area is 124 Å². The largest absolute Gasteiger partial charge is 0.365 e. The van der Waals surface area contributed by atoms with Gasteiger partial charge >= 0.3 is 0 Å². The second kappa shape index (κ2) is 6.39. The smallest absolute Gasteiger partial charge is 0.252 e. The van der Waals surface area contributed by atoms with Crippen LogP contribution in [0, 0.1) is 13.8 Å². The zero-order valence-corrected chi connectivity index (χ0v) is 12.7. The standard InChI is InChI=1S/C15H21N5O/c1-11-10-12(2)20(18-11)9-5-8-19(3)15-13(14(16)21)6-4-7-17-15/h4,6-7,10H,5,8-9H2,1-3H3,(H2,16,21). The Kier molecular flexibility index (Phi) is 4.57. The molecule has 0 aliphatic carbocycles. The number of nitrogens with two attached hydrogens (primary N) is 1. The summed E-state index contributed by atoms with van der Waals surface area (Å²) in [6.45, 7) is 5.65. The van der Waals surface area contributed by atoms with E-state index in [4.69, 9.17) is 5.73 Å². The molecule has 2 heterocycles. The summed E-state index contributed by atoms with van der Waals surface area (Å²) in [6.07, 6.45) is 2.58. The molecule has 0 aliphatic rings. The van der Waals surface area contributed by atoms with Crippen LogP contribution in [0.1, 0.15) is 28.2 Å². The molecule has 0 fully saturated rings. The zero-order valence-electron chi connectivity index (χ0n) is 12.7. The van der Waals surface area contributed by atoms with Crippen LogP contribution in [0.25, 0.3) is 0 Å². The molecule has 0 saturated heterocycles. The van der Waals surface area contributed by atoms with Crippen molar-refractivity contribution < 1.29 is 4.79 Å². The van der Waals surface area contributed by atoms with E-state index in [-0.39, 0.29) is 0 Å². The lowest BCUT2D eigenvalue weighted by atomic mass is 10.2. The van der Waals surface area contributed by atoms with Gasteiger partial charge in [-0.25, -0.2) is 4.98 Å². The molecule has 0 bridgehead atoms. The van der Waals surface area contributed by atoms with Gasteiger partial charge in [-0.05, 0) is 38.5 Å². The molecule has 1 amide bonds. The van der Waals surface area contributed by atoms with Gasteiger partial charge in [-0.2, -0.15) is 5.10 Å². The van der Waals surface area contributed by atoms with E-state index in [1.54, 1.807) is 18.3 Å². The molecule has 2 N–H and O–H groups in total. The highest BCUT2D eigenvalue weighted by molar-refractivity contribution is 5.97. The van der Waals surface area contributed by atoms with E-state index in [1.807, 2.05) is 30.5 Å². The topological polar surface area (TPSA) is 77.0 Å². The number of aromatic nitrogens is 3. The molecular weight excluding hydrogens is 266 g/mol. The van der Waals surface area contributed by atoms with Gasteiger partial charge in [-0.3, -0.25) is 9.48 Å². The number of carbonyl (C=O) groups excluding carboxylic acids is 1. The second-order valence-corrected chi connectivity index (χ2v) is 5.16. The molecule has 21 heavy (non-hydrogen) atoms. The predicted octanol–water partition coefficient (Wildman–Crippen LogP) is 1.52. The van der Waals surface area contributed by atoms with Crippen LogP contribution in [-0.4, -0.2) is 34.3 Å². The van der Waals surface area contributed by atoms with Gasteiger partial charge in [0, 0.05) is 32.0 Å². The van der Waals surface area contributed by atoms with Crippen molar-refractivity contribution in [2.45, 2.75) is 26.8 Å². The Bertz CT molecular complexity index is 635. The maximum atomic E-state index is 11.4. The fourth-order valence-electron chi connectivity index (χ4n) is 2.36. The van der Waals surface area contributed by atoms with Crippen molar-refractivity contribution in [3.05, 3.63) is 41.3 Å². The summed E-state index contributed by atoms with van der Waals surface area (Å²) in [5.74, 6) is 0.168. The molecule has 0 atom stereocenters. The Morgan fingerprint density at radius 3 is 2.81 bits per heavy atom. The first-order chi connectivity index (χ1) is 9.99. The number of pyridine rings is 1. The molecule has 2 aromatic rings. The van der Waals surface area contributed by atoms with Gasteiger partial charge in [0.25, 0.3) is 5.91 Å². The monoisotopic (exact) mass is 287 g/mol. The fraction of sp³-hybridized carbons (Fsp3) is 0.400. The van der Waals surface area contributed by atoms with Crippen molar-refractivity contribution in [1.29, 1.82) is 0 Å². The predicted molar refractivity (Wildman–Crippen MR) is 82.3 cm³/mol. The Hall–Kier alpha value is -2.37. The molecular formula is C15H21N5O. The van der Waals surface area contributed by atoms with Crippen LogP contribution >= 0.6 is 0 Å². The summed E-state index contributed by atoms with van der Waals surface area (Å²) < 4.78 is 2.00. The fourth-order valence-corrected chi connectivity index (χ4v) is 2.36. The van der Waals surface area contributed by atoms with E-state index < -0.39 is 5.91 Å². The van der Waals surface area contributed by atoms with Gasteiger partial charge in [0.2, 0.25) is 0 Å². The number of anilines is 1. The maximum Gasteiger partial charge on any atom is 0.252 e. The Morgan fingerprint density at radius 2 is 2.19 bits per heavy atom. The summed E-state index contributed by atoms with van der Waals surface area (Å²) >= 11 is 0. The van der Waals surface area contributed by atoms with Crippen LogP contribution in [0.2, 0.25) is 0 Å². The summed E-state index contributed by atoms with van der Waals surface area (Å²) in [4.78, 5) is 17.6. The average Bonchev–Trinajstić information content (AvgIpc) is 2.77. The molecule has 0 aromatic carbocycles. The second-order valence-electron chi connectivity index (χ2n) is 5.16. The molecule has 2 aromatic heterocycles. The van der Waals surface area contributed by atoms with E-state index in [2.05, 4.69) is 16.1 Å². The maximum absolute atomic E-state index is 11.4. The minimum Gasteiger partial charge on any atom is -0.365 e. The third-order valence-corrected chi connectivity index (χ3v) is 3.38. The van der Waals surface area contributed by atoms with Crippen LogP contribution in [0.3, 0.4) is 0 Å². The number of amides is 1. The van der Waals surface area contributed by atoms with E-state index in [1.165, 1.54) is 0 Å². The number of nitrogens with zero attached hydrogens (tertiary/aromatic N) is 4. The van der Waals surface area contributed by atoms with E-state index >= 15 is 0 Å². The van der Waals surface area contributed by atoms with Crippen molar-refractivity contribution in [3.63, 3.8) is 0 Å². The first-order valence-corrected chi connectivity index (χ1v) is 6.96. The molecule has 0 spiro atoms. The van der Waals surface area contributed by atoms with Gasteiger partial charge in [0.1, 0.15) is 5.82 Å². The highest BCUT2D eigenvalue weighted by Gasteiger charge is 2.12. The van der Waals surface area contributed by atoms with Crippen molar-refractivity contribution in [2.24, 2.45) is 5.73 Å². The Balaban J connectivity index is 1.98. The van der Waals surface area contributed by atoms with Crippen LogP contribution in [0.5, 0.6) is 0 Å². The number of carbonyl (C=O) groups is 1. The molecule has 2 rings (SSSR count). The Morgan fingerprint density at radius 1 is 1.43 bits per heavy atom. The average molecular weight is 287 g/mol. The minimum atomic E-state index is -0.455. The number of aryl methyl sites for hydroxylation is 3.